The third-order valence-corrected chi connectivity index (χ3v) is 17.1. The third-order valence-electron chi connectivity index (χ3n) is 16.5. The molecule has 4 aliphatic rings. The van der Waals surface area contributed by atoms with Gasteiger partial charge in [-0.05, 0) is 197 Å². The molecule has 0 N–H and O–H groups in total. The number of rotatable bonds is 18. The van der Waals surface area contributed by atoms with Gasteiger partial charge in [0.05, 0.1) is 36.5 Å². The fourth-order valence-corrected chi connectivity index (χ4v) is 13.9. The van der Waals surface area contributed by atoms with Gasteiger partial charge in [-0.1, -0.05) is 83.2 Å². The molecule has 10 nitrogen and oxygen atoms in total. The van der Waals surface area contributed by atoms with E-state index in [1.165, 1.54) is 77.0 Å². The summed E-state index contributed by atoms with van der Waals surface area (Å²) in [5.74, 6) is 4.27. The average molecular weight is 968 g/mol. The number of esters is 2. The van der Waals surface area contributed by atoms with Crippen LogP contribution in [0.3, 0.4) is 0 Å². The highest BCUT2D eigenvalue weighted by molar-refractivity contribution is 6.33. The van der Waals surface area contributed by atoms with Crippen molar-refractivity contribution in [2.24, 2.45) is 58.2 Å². The summed E-state index contributed by atoms with van der Waals surface area (Å²) in [6.07, 6.45) is 17.6. The van der Waals surface area contributed by atoms with Gasteiger partial charge in [0.25, 0.3) is 0 Å². The number of ether oxygens (including phenoxy) is 6. The van der Waals surface area contributed by atoms with E-state index >= 15 is 0 Å². The summed E-state index contributed by atoms with van der Waals surface area (Å²) in [7, 11) is 0. The summed E-state index contributed by atoms with van der Waals surface area (Å²) in [4.78, 5) is 52.0. The molecular formula is C55H76Cl2O10. The Morgan fingerprint density at radius 3 is 1.75 bits per heavy atom. The maximum atomic E-state index is 13.5. The van der Waals surface area contributed by atoms with Crippen molar-refractivity contribution in [3.05, 3.63) is 62.6 Å². The van der Waals surface area contributed by atoms with Gasteiger partial charge in [0.2, 0.25) is 0 Å². The van der Waals surface area contributed by atoms with Crippen molar-refractivity contribution < 1.29 is 47.6 Å². The van der Waals surface area contributed by atoms with Gasteiger partial charge in [0.1, 0.15) is 11.1 Å². The Morgan fingerprint density at radius 1 is 0.672 bits per heavy atom. The van der Waals surface area contributed by atoms with Crippen molar-refractivity contribution in [3.8, 4) is 11.5 Å². The van der Waals surface area contributed by atoms with Crippen molar-refractivity contribution >= 4 is 53.0 Å². The zero-order chi connectivity index (χ0) is 48.6. The molecule has 0 saturated heterocycles. The molecule has 0 bridgehead atoms. The van der Waals surface area contributed by atoms with E-state index in [0.29, 0.717) is 45.8 Å². The minimum atomic E-state index is -1.02. The summed E-state index contributed by atoms with van der Waals surface area (Å²) in [6.45, 7) is 19.4. The van der Waals surface area contributed by atoms with Crippen molar-refractivity contribution in [1.29, 1.82) is 0 Å². The highest BCUT2D eigenvalue weighted by Gasteiger charge is 2.60. The summed E-state index contributed by atoms with van der Waals surface area (Å²) >= 11 is 13.7. The van der Waals surface area contributed by atoms with E-state index in [9.17, 15) is 19.2 Å². The summed E-state index contributed by atoms with van der Waals surface area (Å²) < 4.78 is 31.7. The molecule has 0 heterocycles. The number of halogens is 2. The first-order valence-electron chi connectivity index (χ1n) is 25.4. The smallest absolute Gasteiger partial charge is 0.462 e. The fraction of sp³-hybridized carbons (Fsp3) is 0.673. The van der Waals surface area contributed by atoms with Crippen LogP contribution in [-0.2, 0) is 18.9 Å². The van der Waals surface area contributed by atoms with Crippen molar-refractivity contribution in [3.63, 3.8) is 0 Å². The van der Waals surface area contributed by atoms with Crippen LogP contribution in [0.1, 0.15) is 184 Å². The monoisotopic (exact) mass is 966 g/mol. The maximum absolute atomic E-state index is 13.5. The Kier molecular flexibility index (Phi) is 18.2. The molecule has 6 rings (SSSR count). The number of benzene rings is 2. The van der Waals surface area contributed by atoms with Gasteiger partial charge in [-0.3, -0.25) is 0 Å². The van der Waals surface area contributed by atoms with Gasteiger partial charge >= 0.3 is 24.2 Å². The molecule has 4 aliphatic carbocycles. The highest BCUT2D eigenvalue weighted by Crippen LogP contribution is 2.69. The SMILES string of the molecule is CCOC(=O)Oc1c(Cl)cc(C(=CCCC2CCC3(C)C(CCC4C3CCC3(C)C(C(C)CCCC(C)C)CCC43)C2)c2cc(Cl)c(OC(=O)OCC)c(C(=O)OCC)c2)cc1C(=O)OCC. The zero-order valence-corrected chi connectivity index (χ0v) is 43.1. The van der Waals surface area contributed by atoms with Crippen LogP contribution in [0.5, 0.6) is 11.5 Å². The lowest BCUT2D eigenvalue weighted by atomic mass is 9.44. The molecule has 2 aromatic rings. The van der Waals surface area contributed by atoms with E-state index < -0.39 is 24.2 Å². The minimum absolute atomic E-state index is 0.0343. The zero-order valence-electron chi connectivity index (χ0n) is 41.6. The first kappa shape index (κ1) is 52.6. The van der Waals surface area contributed by atoms with E-state index in [1.807, 2.05) is 0 Å². The van der Waals surface area contributed by atoms with Crippen LogP contribution >= 0.6 is 23.2 Å². The van der Waals surface area contributed by atoms with E-state index in [4.69, 9.17) is 51.6 Å². The highest BCUT2D eigenvalue weighted by atomic mass is 35.5. The summed E-state index contributed by atoms with van der Waals surface area (Å²) in [6, 6.07) is 6.27. The number of carbonyl (C=O) groups is 4. The summed E-state index contributed by atoms with van der Waals surface area (Å²) in [5.41, 5.74) is 2.23. The first-order chi connectivity index (χ1) is 32.0. The lowest BCUT2D eigenvalue weighted by Gasteiger charge is -2.61. The number of fused-ring (bicyclic) bond motifs is 5. The van der Waals surface area contributed by atoms with Crippen LogP contribution in [0.4, 0.5) is 9.59 Å². The summed E-state index contributed by atoms with van der Waals surface area (Å²) in [5, 5.41) is -0.0686. The first-order valence-corrected chi connectivity index (χ1v) is 26.2. The van der Waals surface area contributed by atoms with Crippen LogP contribution in [0.15, 0.2) is 30.3 Å². The van der Waals surface area contributed by atoms with Gasteiger partial charge in [0.15, 0.2) is 11.5 Å². The molecular weight excluding hydrogens is 892 g/mol. The van der Waals surface area contributed by atoms with Crippen molar-refractivity contribution in [2.45, 2.75) is 152 Å². The molecule has 67 heavy (non-hydrogen) atoms. The molecule has 0 aliphatic heterocycles. The molecule has 9 atom stereocenters. The van der Waals surface area contributed by atoms with Crippen LogP contribution in [0.25, 0.3) is 5.57 Å². The number of carbonyl (C=O) groups excluding carboxylic acids is 4. The van der Waals surface area contributed by atoms with Gasteiger partial charge < -0.3 is 28.4 Å². The Morgan fingerprint density at radius 2 is 1.21 bits per heavy atom. The molecule has 9 unspecified atom stereocenters. The Hall–Kier alpha value is -3.76. The third kappa shape index (κ3) is 11.8. The predicted molar refractivity (Wildman–Crippen MR) is 263 cm³/mol. The lowest BCUT2D eigenvalue weighted by molar-refractivity contribution is -0.121. The van der Waals surface area contributed by atoms with Crippen molar-refractivity contribution in [1.82, 2.24) is 0 Å². The largest absolute Gasteiger partial charge is 0.513 e. The standard InChI is InChI=1S/C55H76Cl2O10/c1-10-62-50(58)41-29-36(31-46(56)48(41)66-52(60)64-12-3)39(37-30-42(51(59)63-11-2)49(47(57)32-37)67-53(61)65-13-4)19-15-18-35-24-26-54(8)38(28-35)20-21-40-44-23-22-43(34(7)17-14-16-33(5)6)55(44,9)27-25-45(40)54/h19,29-35,38,40,43-45H,10-18,20-28H2,1-9H3. The van der Waals surface area contributed by atoms with E-state index in [0.717, 1.165) is 41.9 Å². The van der Waals surface area contributed by atoms with E-state index in [1.54, 1.807) is 52.0 Å². The van der Waals surface area contributed by atoms with Crippen molar-refractivity contribution in [2.75, 3.05) is 26.4 Å². The van der Waals surface area contributed by atoms with E-state index in [2.05, 4.69) is 40.7 Å². The van der Waals surface area contributed by atoms with Crippen LogP contribution in [0, 0.1) is 58.2 Å². The molecule has 2 aromatic carbocycles. The molecule has 0 radical (unpaired) electrons. The molecule has 0 spiro atoms. The van der Waals surface area contributed by atoms with Gasteiger partial charge in [0, 0.05) is 0 Å². The maximum Gasteiger partial charge on any atom is 0.513 e. The Labute approximate surface area is 409 Å². The average Bonchev–Trinajstić information content (AvgIpc) is 3.64. The number of hydrogen-bond donors (Lipinski definition) is 0. The van der Waals surface area contributed by atoms with Gasteiger partial charge in [-0.25, -0.2) is 19.2 Å². The number of allylic oxidation sites excluding steroid dienone is 1. The molecule has 0 amide bonds. The topological polar surface area (TPSA) is 124 Å². The van der Waals surface area contributed by atoms with Crippen LogP contribution in [0.2, 0.25) is 10.0 Å². The van der Waals surface area contributed by atoms with E-state index in [-0.39, 0.29) is 59.1 Å². The fourth-order valence-electron chi connectivity index (χ4n) is 13.4. The lowest BCUT2D eigenvalue weighted by Crippen LogP contribution is -2.53. The second-order valence-electron chi connectivity index (χ2n) is 20.7. The normalized spacial score (nSPS) is 26.9. The van der Waals surface area contributed by atoms with Gasteiger partial charge in [-0.15, -0.1) is 0 Å². The second-order valence-corrected chi connectivity index (χ2v) is 21.5. The quantitative estimate of drug-likeness (QED) is 0.0810. The minimum Gasteiger partial charge on any atom is -0.462 e. The van der Waals surface area contributed by atoms with Crippen LogP contribution in [-0.4, -0.2) is 50.7 Å². The molecule has 12 heteroatoms. The second kappa shape index (κ2) is 23.2. The number of hydrogen-bond acceptors (Lipinski definition) is 10. The van der Waals surface area contributed by atoms with Gasteiger partial charge in [-0.2, -0.15) is 0 Å². The predicted octanol–water partition coefficient (Wildman–Crippen LogP) is 15.4. The molecule has 4 saturated carbocycles. The Balaban J connectivity index is 1.27. The van der Waals surface area contributed by atoms with Crippen LogP contribution < -0.4 is 9.47 Å². The molecule has 370 valence electrons. The Bertz CT molecular complexity index is 2020. The molecule has 4 fully saturated rings. The molecule has 0 aromatic heterocycles.